The molecule has 0 aromatic heterocycles. The van der Waals surface area contributed by atoms with Crippen LogP contribution in [0.1, 0.15) is 0 Å². The van der Waals surface area contributed by atoms with Crippen molar-refractivity contribution >= 4 is 26.5 Å². The van der Waals surface area contributed by atoms with Gasteiger partial charge in [-0.2, -0.15) is 0 Å². The van der Waals surface area contributed by atoms with Crippen LogP contribution >= 0.6 is 0 Å². The lowest BCUT2D eigenvalue weighted by Crippen LogP contribution is -2.54. The van der Waals surface area contributed by atoms with Crippen LogP contribution in [0.5, 0.6) is 0 Å². The fourth-order valence-electron chi connectivity index (χ4n) is 2.33. The molecule has 0 atom stereocenters. The maximum absolute atomic E-state index is 3.63. The Bertz CT molecular complexity index is 644. The van der Waals surface area contributed by atoms with E-state index in [0.717, 1.165) is 0 Å². The minimum atomic E-state index is -1.99. The highest BCUT2D eigenvalue weighted by atomic mass is 28.3. The van der Waals surface area contributed by atoms with E-state index >= 15 is 0 Å². The molecule has 0 N–H and O–H groups in total. The Morgan fingerprint density at radius 2 is 1.18 bits per heavy atom. The predicted molar refractivity (Wildman–Crippen MR) is 104 cm³/mol. The fraction of sp³-hybridized carbons (Fsp3) is 0.200. The van der Waals surface area contributed by atoms with Crippen molar-refractivity contribution in [3.05, 3.63) is 72.4 Å². The third kappa shape index (κ3) is 4.33. The third-order valence-electron chi connectivity index (χ3n) is 3.69. The maximum Gasteiger partial charge on any atom is 0.196 e. The number of allylic oxidation sites excluding steroid dienone is 1. The molecule has 112 valence electrons. The molecule has 2 aromatic rings. The van der Waals surface area contributed by atoms with Gasteiger partial charge in [-0.1, -0.05) is 98.5 Å². The smallest absolute Gasteiger partial charge is 0.116 e. The van der Waals surface area contributed by atoms with E-state index in [4.69, 9.17) is 0 Å². The van der Waals surface area contributed by atoms with E-state index in [-0.39, 0.29) is 0 Å². The lowest BCUT2D eigenvalue weighted by molar-refractivity contribution is 1.70. The summed E-state index contributed by atoms with van der Waals surface area (Å²) >= 11 is 0. The van der Waals surface area contributed by atoms with Gasteiger partial charge in [-0.15, -0.1) is 5.54 Å². The second-order valence-electron chi connectivity index (χ2n) is 6.83. The maximum atomic E-state index is 3.63. The van der Waals surface area contributed by atoms with Gasteiger partial charge in [0, 0.05) is 0 Å². The van der Waals surface area contributed by atoms with Gasteiger partial charge in [-0.25, -0.2) is 0 Å². The molecule has 0 aliphatic rings. The van der Waals surface area contributed by atoms with E-state index in [0.29, 0.717) is 0 Å². The third-order valence-corrected chi connectivity index (χ3v) is 8.48. The van der Waals surface area contributed by atoms with Crippen molar-refractivity contribution in [3.63, 3.8) is 0 Å². The summed E-state index contributed by atoms with van der Waals surface area (Å²) in [7, 11) is -3.17. The highest BCUT2D eigenvalue weighted by molar-refractivity contribution is 7.07. The normalized spacial score (nSPS) is 12.0. The molecule has 0 heterocycles. The molecule has 0 spiro atoms. The van der Waals surface area contributed by atoms with E-state index in [1.54, 1.807) is 0 Å². The predicted octanol–water partition coefficient (Wildman–Crippen LogP) is 3.86. The minimum absolute atomic E-state index is 1.18. The van der Waals surface area contributed by atoms with Crippen LogP contribution in [-0.2, 0) is 0 Å². The molecule has 2 aromatic carbocycles. The Labute approximate surface area is 136 Å². The van der Waals surface area contributed by atoms with Crippen LogP contribution in [0.2, 0.25) is 26.2 Å². The zero-order valence-electron chi connectivity index (χ0n) is 13.9. The van der Waals surface area contributed by atoms with E-state index in [2.05, 4.69) is 110 Å². The summed E-state index contributed by atoms with van der Waals surface area (Å²) in [6, 6.07) is 21.5. The number of benzene rings is 2. The van der Waals surface area contributed by atoms with Gasteiger partial charge in [0.15, 0.2) is 8.07 Å². The van der Waals surface area contributed by atoms with Crippen molar-refractivity contribution in [2.24, 2.45) is 0 Å². The number of rotatable bonds is 3. The Hall–Kier alpha value is -1.83. The Morgan fingerprint density at radius 3 is 1.59 bits per heavy atom. The minimum Gasteiger partial charge on any atom is -0.116 e. The van der Waals surface area contributed by atoms with Crippen LogP contribution in [0.25, 0.3) is 0 Å². The molecule has 0 saturated heterocycles. The second kappa shape index (κ2) is 6.96. The summed E-state index contributed by atoms with van der Waals surface area (Å²) in [6.07, 6.45) is 2.07. The monoisotopic (exact) mass is 320 g/mol. The molecule has 0 aliphatic carbocycles. The number of hydrogen-bond donors (Lipinski definition) is 0. The fourth-order valence-corrected chi connectivity index (χ4v) is 5.63. The lowest BCUT2D eigenvalue weighted by atomic mass is 10.4. The molecule has 0 bridgehead atoms. The van der Waals surface area contributed by atoms with E-state index in [1.807, 2.05) is 0 Å². The summed E-state index contributed by atoms with van der Waals surface area (Å²) in [5.74, 6) is 3.35. The zero-order chi connectivity index (χ0) is 16.1. The molecular weight excluding hydrogens is 296 g/mol. The standard InChI is InChI=1S/C20H24Si2/c1-21(2,3)17-11-12-18-22(4,19-13-7-5-8-14-19)20-15-9-6-10-16-20/h5-11,13-17H,1-4H3/b17-11+. The van der Waals surface area contributed by atoms with E-state index in [1.165, 1.54) is 10.4 Å². The van der Waals surface area contributed by atoms with Crippen LogP contribution in [0.4, 0.5) is 0 Å². The highest BCUT2D eigenvalue weighted by Gasteiger charge is 2.29. The molecule has 0 radical (unpaired) electrons. The van der Waals surface area contributed by atoms with Gasteiger partial charge >= 0.3 is 0 Å². The average Bonchev–Trinajstić information content (AvgIpc) is 2.52. The van der Waals surface area contributed by atoms with Crippen LogP contribution in [0, 0.1) is 11.5 Å². The highest BCUT2D eigenvalue weighted by Crippen LogP contribution is 2.05. The molecule has 2 heteroatoms. The second-order valence-corrected chi connectivity index (χ2v) is 15.5. The van der Waals surface area contributed by atoms with Gasteiger partial charge in [0.25, 0.3) is 0 Å². The molecule has 0 nitrogen and oxygen atoms in total. The molecule has 0 aliphatic heterocycles. The van der Waals surface area contributed by atoms with Gasteiger partial charge in [0.2, 0.25) is 0 Å². The van der Waals surface area contributed by atoms with Crippen LogP contribution < -0.4 is 10.4 Å². The Morgan fingerprint density at radius 1 is 0.727 bits per heavy atom. The lowest BCUT2D eigenvalue weighted by Gasteiger charge is -2.22. The summed E-state index contributed by atoms with van der Waals surface area (Å²) in [6.45, 7) is 9.33. The first-order valence-electron chi connectivity index (χ1n) is 7.73. The van der Waals surface area contributed by atoms with Crippen LogP contribution in [-0.4, -0.2) is 16.1 Å². The summed E-state index contributed by atoms with van der Waals surface area (Å²) in [5.41, 5.74) is 5.94. The van der Waals surface area contributed by atoms with Gasteiger partial charge in [-0.3, -0.25) is 0 Å². The van der Waals surface area contributed by atoms with Gasteiger partial charge in [0.05, 0.1) is 8.07 Å². The molecule has 22 heavy (non-hydrogen) atoms. The quantitative estimate of drug-likeness (QED) is 0.595. The van der Waals surface area contributed by atoms with Gasteiger partial charge < -0.3 is 0 Å². The summed E-state index contributed by atoms with van der Waals surface area (Å²) in [5, 5.41) is 2.74. The molecule has 2 rings (SSSR count). The summed E-state index contributed by atoms with van der Waals surface area (Å²) in [4.78, 5) is 0. The molecular formula is C20H24Si2. The topological polar surface area (TPSA) is 0 Å². The first kappa shape index (κ1) is 16.5. The van der Waals surface area contributed by atoms with Crippen molar-refractivity contribution in [2.75, 3.05) is 0 Å². The van der Waals surface area contributed by atoms with Crippen molar-refractivity contribution in [3.8, 4) is 11.5 Å². The summed E-state index contributed by atoms with van der Waals surface area (Å²) < 4.78 is 0. The van der Waals surface area contributed by atoms with E-state index in [9.17, 15) is 0 Å². The zero-order valence-corrected chi connectivity index (χ0v) is 15.9. The van der Waals surface area contributed by atoms with Crippen molar-refractivity contribution < 1.29 is 0 Å². The Balaban J connectivity index is 2.44. The first-order chi connectivity index (χ1) is 10.4. The Kier molecular flexibility index (Phi) is 5.23. The van der Waals surface area contributed by atoms with Gasteiger partial charge in [-0.05, 0) is 16.4 Å². The molecule has 0 unspecified atom stereocenters. The van der Waals surface area contributed by atoms with Crippen LogP contribution in [0.3, 0.4) is 0 Å². The largest absolute Gasteiger partial charge is 0.196 e. The van der Waals surface area contributed by atoms with Crippen LogP contribution in [0.15, 0.2) is 72.4 Å². The molecule has 0 saturated carbocycles. The van der Waals surface area contributed by atoms with E-state index < -0.39 is 16.1 Å². The number of hydrogen-bond acceptors (Lipinski definition) is 0. The van der Waals surface area contributed by atoms with Crippen molar-refractivity contribution in [2.45, 2.75) is 26.2 Å². The molecule has 0 amide bonds. The first-order valence-corrected chi connectivity index (χ1v) is 13.8. The van der Waals surface area contributed by atoms with Crippen molar-refractivity contribution in [1.29, 1.82) is 0 Å². The molecule has 0 fully saturated rings. The van der Waals surface area contributed by atoms with Crippen molar-refractivity contribution in [1.82, 2.24) is 0 Å². The van der Waals surface area contributed by atoms with Gasteiger partial charge in [0.1, 0.15) is 0 Å². The average molecular weight is 321 g/mol. The SMILES string of the molecule is C[Si](C)(C)/C=C/C#C[Si](C)(c1ccccc1)c1ccccc1.